The summed E-state index contributed by atoms with van der Waals surface area (Å²) in [5.74, 6) is 0. The second-order valence-corrected chi connectivity index (χ2v) is 4.78. The standard InChI is InChI=1S/C14H17N.C2H6/c1-11-10-14(6-8-15-9-7-14)13-5-3-2-4-12(11)13;1-2/h2-5,10,15H,6-9H2,1H3;1-2H3. The van der Waals surface area contributed by atoms with Crippen molar-refractivity contribution in [3.8, 4) is 0 Å². The number of benzene rings is 1. The number of nitrogens with one attached hydrogen (secondary N) is 1. The number of piperidine rings is 1. The fourth-order valence-electron chi connectivity index (χ4n) is 3.12. The van der Waals surface area contributed by atoms with E-state index in [1.807, 2.05) is 13.8 Å². The SMILES string of the molecule is CC.CC1=CC2(CCNCC2)c2ccccc21. The molecule has 1 heteroatoms. The van der Waals surface area contributed by atoms with Crippen LogP contribution in [0.3, 0.4) is 0 Å². The van der Waals surface area contributed by atoms with Crippen molar-refractivity contribution in [2.75, 3.05) is 13.1 Å². The van der Waals surface area contributed by atoms with Gasteiger partial charge < -0.3 is 5.32 Å². The molecule has 17 heavy (non-hydrogen) atoms. The van der Waals surface area contributed by atoms with Gasteiger partial charge in [-0.3, -0.25) is 0 Å². The molecule has 1 aromatic carbocycles. The zero-order valence-corrected chi connectivity index (χ0v) is 11.2. The minimum Gasteiger partial charge on any atom is -0.317 e. The third kappa shape index (κ3) is 2.04. The smallest absolute Gasteiger partial charge is 0.0168 e. The Balaban J connectivity index is 0.000000514. The quantitative estimate of drug-likeness (QED) is 0.714. The van der Waals surface area contributed by atoms with E-state index >= 15 is 0 Å². The van der Waals surface area contributed by atoms with Crippen LogP contribution in [0.25, 0.3) is 5.57 Å². The van der Waals surface area contributed by atoms with Gasteiger partial charge in [0.05, 0.1) is 0 Å². The number of hydrogen-bond donors (Lipinski definition) is 1. The first-order chi connectivity index (χ1) is 8.32. The highest BCUT2D eigenvalue weighted by molar-refractivity contribution is 5.75. The van der Waals surface area contributed by atoms with E-state index in [0.29, 0.717) is 5.41 Å². The highest BCUT2D eigenvalue weighted by Gasteiger charge is 2.37. The summed E-state index contributed by atoms with van der Waals surface area (Å²) in [6, 6.07) is 8.90. The van der Waals surface area contributed by atoms with E-state index in [1.165, 1.54) is 24.0 Å². The summed E-state index contributed by atoms with van der Waals surface area (Å²) in [7, 11) is 0. The van der Waals surface area contributed by atoms with Crippen LogP contribution in [-0.2, 0) is 5.41 Å². The average molecular weight is 229 g/mol. The maximum absolute atomic E-state index is 3.45. The van der Waals surface area contributed by atoms with Crippen molar-refractivity contribution in [3.05, 3.63) is 41.5 Å². The van der Waals surface area contributed by atoms with E-state index in [4.69, 9.17) is 0 Å². The van der Waals surface area contributed by atoms with E-state index in [1.54, 1.807) is 5.56 Å². The summed E-state index contributed by atoms with van der Waals surface area (Å²) in [6.45, 7) is 8.55. The summed E-state index contributed by atoms with van der Waals surface area (Å²) in [6.07, 6.45) is 5.00. The minimum absolute atomic E-state index is 0.353. The van der Waals surface area contributed by atoms with E-state index in [0.717, 1.165) is 13.1 Å². The first-order valence-electron chi connectivity index (χ1n) is 6.82. The zero-order valence-electron chi connectivity index (χ0n) is 11.2. The molecule has 1 heterocycles. The Kier molecular flexibility index (Phi) is 3.68. The molecule has 0 bridgehead atoms. The summed E-state index contributed by atoms with van der Waals surface area (Å²) in [5, 5.41) is 3.45. The van der Waals surface area contributed by atoms with Gasteiger partial charge in [-0.15, -0.1) is 0 Å². The Bertz CT molecular complexity index is 411. The summed E-state index contributed by atoms with van der Waals surface area (Å²) >= 11 is 0. The van der Waals surface area contributed by atoms with Crippen LogP contribution in [0.5, 0.6) is 0 Å². The van der Waals surface area contributed by atoms with Gasteiger partial charge >= 0.3 is 0 Å². The van der Waals surface area contributed by atoms with Crippen molar-refractivity contribution >= 4 is 5.57 Å². The molecular formula is C16H23N. The van der Waals surface area contributed by atoms with Crippen LogP contribution in [0, 0.1) is 0 Å². The van der Waals surface area contributed by atoms with Gasteiger partial charge in [0.2, 0.25) is 0 Å². The van der Waals surface area contributed by atoms with Crippen LogP contribution in [-0.4, -0.2) is 13.1 Å². The lowest BCUT2D eigenvalue weighted by Gasteiger charge is -2.33. The molecule has 1 aliphatic carbocycles. The Morgan fingerprint density at radius 1 is 1.06 bits per heavy atom. The molecule has 0 saturated carbocycles. The van der Waals surface area contributed by atoms with Gasteiger partial charge in [-0.1, -0.05) is 44.2 Å². The van der Waals surface area contributed by atoms with Crippen LogP contribution in [0.4, 0.5) is 0 Å². The molecule has 1 spiro atoms. The molecule has 0 radical (unpaired) electrons. The van der Waals surface area contributed by atoms with Gasteiger partial charge in [-0.2, -0.15) is 0 Å². The summed E-state index contributed by atoms with van der Waals surface area (Å²) in [4.78, 5) is 0. The van der Waals surface area contributed by atoms with Crippen LogP contribution in [0.1, 0.15) is 44.7 Å². The summed E-state index contributed by atoms with van der Waals surface area (Å²) in [5.41, 5.74) is 4.85. The lowest BCUT2D eigenvalue weighted by molar-refractivity contribution is 0.378. The lowest BCUT2D eigenvalue weighted by Crippen LogP contribution is -2.37. The Morgan fingerprint density at radius 2 is 1.71 bits per heavy atom. The molecule has 1 aliphatic heterocycles. The lowest BCUT2D eigenvalue weighted by atomic mass is 9.75. The average Bonchev–Trinajstić information content (AvgIpc) is 2.67. The van der Waals surface area contributed by atoms with Gasteiger partial charge in [0.15, 0.2) is 0 Å². The first-order valence-corrected chi connectivity index (χ1v) is 6.82. The maximum atomic E-state index is 3.45. The van der Waals surface area contributed by atoms with Crippen molar-refractivity contribution in [2.45, 2.75) is 39.0 Å². The van der Waals surface area contributed by atoms with Gasteiger partial charge in [-0.25, -0.2) is 0 Å². The zero-order chi connectivity index (χ0) is 12.3. The monoisotopic (exact) mass is 229 g/mol. The van der Waals surface area contributed by atoms with Crippen molar-refractivity contribution in [2.24, 2.45) is 0 Å². The summed E-state index contributed by atoms with van der Waals surface area (Å²) < 4.78 is 0. The molecule has 0 unspecified atom stereocenters. The third-order valence-corrected chi connectivity index (χ3v) is 3.88. The normalized spacial score (nSPS) is 20.3. The van der Waals surface area contributed by atoms with Gasteiger partial charge in [0.25, 0.3) is 0 Å². The van der Waals surface area contributed by atoms with Crippen LogP contribution in [0.2, 0.25) is 0 Å². The van der Waals surface area contributed by atoms with Gasteiger partial charge in [0, 0.05) is 5.41 Å². The van der Waals surface area contributed by atoms with E-state index in [-0.39, 0.29) is 0 Å². The maximum Gasteiger partial charge on any atom is 0.0168 e. The third-order valence-electron chi connectivity index (χ3n) is 3.88. The predicted octanol–water partition coefficient (Wildman–Crippen LogP) is 3.75. The van der Waals surface area contributed by atoms with Crippen LogP contribution >= 0.6 is 0 Å². The van der Waals surface area contributed by atoms with Gasteiger partial charge in [0.1, 0.15) is 0 Å². The van der Waals surface area contributed by atoms with Crippen molar-refractivity contribution < 1.29 is 0 Å². The highest BCUT2D eigenvalue weighted by atomic mass is 14.9. The van der Waals surface area contributed by atoms with Crippen LogP contribution < -0.4 is 5.32 Å². The largest absolute Gasteiger partial charge is 0.317 e. The molecular weight excluding hydrogens is 206 g/mol. The molecule has 1 saturated heterocycles. The number of hydrogen-bond acceptors (Lipinski definition) is 1. The molecule has 0 aromatic heterocycles. The van der Waals surface area contributed by atoms with E-state index < -0.39 is 0 Å². The minimum atomic E-state index is 0.353. The fourth-order valence-corrected chi connectivity index (χ4v) is 3.12. The fraction of sp³-hybridized carbons (Fsp3) is 0.500. The molecule has 0 atom stereocenters. The molecule has 1 nitrogen and oxygen atoms in total. The molecule has 3 rings (SSSR count). The highest BCUT2D eigenvalue weighted by Crippen LogP contribution is 2.45. The molecule has 1 fully saturated rings. The number of allylic oxidation sites excluding steroid dienone is 2. The van der Waals surface area contributed by atoms with Gasteiger partial charge in [-0.05, 0) is 49.6 Å². The molecule has 0 amide bonds. The molecule has 1 aromatic rings. The number of rotatable bonds is 0. The molecule has 92 valence electrons. The molecule has 1 N–H and O–H groups in total. The van der Waals surface area contributed by atoms with E-state index in [9.17, 15) is 0 Å². The van der Waals surface area contributed by atoms with E-state index in [2.05, 4.69) is 42.6 Å². The Labute approximate surface area is 105 Å². The van der Waals surface area contributed by atoms with Crippen LogP contribution in [0.15, 0.2) is 30.3 Å². The van der Waals surface area contributed by atoms with Crippen molar-refractivity contribution in [1.29, 1.82) is 0 Å². The Morgan fingerprint density at radius 3 is 2.41 bits per heavy atom. The second kappa shape index (κ2) is 5.05. The topological polar surface area (TPSA) is 12.0 Å². The first kappa shape index (κ1) is 12.4. The molecule has 2 aliphatic rings. The van der Waals surface area contributed by atoms with Crippen molar-refractivity contribution in [1.82, 2.24) is 5.32 Å². The Hall–Kier alpha value is -1.08. The second-order valence-electron chi connectivity index (χ2n) is 4.78. The number of fused-ring (bicyclic) bond motifs is 2. The predicted molar refractivity (Wildman–Crippen MR) is 75.2 cm³/mol. The van der Waals surface area contributed by atoms with Crippen molar-refractivity contribution in [3.63, 3.8) is 0 Å².